The zero-order valence-electron chi connectivity index (χ0n) is 9.19. The molecule has 0 bridgehead atoms. The SMILES string of the molecule is O=[N+]([O-])c1ccc(CN2CC(O)C(O)C2)cc1. The van der Waals surface area contributed by atoms with Crippen LogP contribution in [0.1, 0.15) is 5.56 Å². The Labute approximate surface area is 98.3 Å². The predicted octanol–water partition coefficient (Wildman–Crippen LogP) is 0.132. The smallest absolute Gasteiger partial charge is 0.269 e. The third-order valence-electron chi connectivity index (χ3n) is 2.89. The second kappa shape index (κ2) is 4.79. The van der Waals surface area contributed by atoms with Gasteiger partial charge in [0.15, 0.2) is 0 Å². The molecule has 0 radical (unpaired) electrons. The normalized spacial score (nSPS) is 25.1. The van der Waals surface area contributed by atoms with Crippen LogP contribution in [0.4, 0.5) is 5.69 Å². The van der Waals surface area contributed by atoms with Gasteiger partial charge in [0.1, 0.15) is 0 Å². The Balaban J connectivity index is 1.98. The van der Waals surface area contributed by atoms with E-state index >= 15 is 0 Å². The van der Waals surface area contributed by atoms with Crippen molar-refractivity contribution in [2.24, 2.45) is 0 Å². The lowest BCUT2D eigenvalue weighted by atomic mass is 10.2. The van der Waals surface area contributed by atoms with Crippen LogP contribution in [0.2, 0.25) is 0 Å². The molecule has 0 amide bonds. The van der Waals surface area contributed by atoms with E-state index in [9.17, 15) is 20.3 Å². The number of nitrogens with zero attached hydrogens (tertiary/aromatic N) is 2. The Morgan fingerprint density at radius 1 is 1.24 bits per heavy atom. The quantitative estimate of drug-likeness (QED) is 0.577. The van der Waals surface area contributed by atoms with Crippen molar-refractivity contribution in [3.8, 4) is 0 Å². The van der Waals surface area contributed by atoms with Gasteiger partial charge in [-0.2, -0.15) is 0 Å². The first-order valence-electron chi connectivity index (χ1n) is 5.38. The minimum atomic E-state index is -0.701. The maximum atomic E-state index is 10.5. The molecule has 2 atom stereocenters. The molecule has 0 aliphatic carbocycles. The number of hydrogen-bond donors (Lipinski definition) is 2. The zero-order chi connectivity index (χ0) is 12.4. The number of likely N-dealkylation sites (tertiary alicyclic amines) is 1. The molecule has 17 heavy (non-hydrogen) atoms. The monoisotopic (exact) mass is 238 g/mol. The van der Waals surface area contributed by atoms with Crippen molar-refractivity contribution in [3.05, 3.63) is 39.9 Å². The Morgan fingerprint density at radius 2 is 1.76 bits per heavy atom. The average molecular weight is 238 g/mol. The Hall–Kier alpha value is -1.50. The summed E-state index contributed by atoms with van der Waals surface area (Å²) in [5, 5.41) is 29.2. The first-order valence-corrected chi connectivity index (χ1v) is 5.38. The van der Waals surface area contributed by atoms with E-state index in [4.69, 9.17) is 0 Å². The van der Waals surface area contributed by atoms with Gasteiger partial charge in [-0.15, -0.1) is 0 Å². The van der Waals surface area contributed by atoms with Crippen LogP contribution in [-0.4, -0.2) is 45.3 Å². The topological polar surface area (TPSA) is 86.8 Å². The molecule has 2 unspecified atom stereocenters. The molecule has 2 N–H and O–H groups in total. The molecule has 1 aromatic rings. The fourth-order valence-electron chi connectivity index (χ4n) is 1.96. The van der Waals surface area contributed by atoms with Crippen LogP contribution in [0.3, 0.4) is 0 Å². The number of aliphatic hydroxyl groups excluding tert-OH is 2. The van der Waals surface area contributed by atoms with Gasteiger partial charge >= 0.3 is 0 Å². The van der Waals surface area contributed by atoms with Crippen LogP contribution in [0, 0.1) is 10.1 Å². The van der Waals surface area contributed by atoms with Crippen molar-refractivity contribution in [2.45, 2.75) is 18.8 Å². The highest BCUT2D eigenvalue weighted by molar-refractivity contribution is 5.32. The van der Waals surface area contributed by atoms with E-state index in [2.05, 4.69) is 0 Å². The number of non-ortho nitro benzene ring substituents is 1. The Kier molecular flexibility index (Phi) is 3.37. The lowest BCUT2D eigenvalue weighted by Crippen LogP contribution is -2.22. The van der Waals surface area contributed by atoms with Gasteiger partial charge in [-0.1, -0.05) is 12.1 Å². The average Bonchev–Trinajstić information content (AvgIpc) is 2.58. The molecule has 1 aliphatic heterocycles. The van der Waals surface area contributed by atoms with E-state index < -0.39 is 17.1 Å². The van der Waals surface area contributed by atoms with Crippen LogP contribution in [0.25, 0.3) is 0 Å². The van der Waals surface area contributed by atoms with E-state index in [0.29, 0.717) is 19.6 Å². The number of aliphatic hydroxyl groups is 2. The lowest BCUT2D eigenvalue weighted by molar-refractivity contribution is -0.384. The van der Waals surface area contributed by atoms with Crippen LogP contribution >= 0.6 is 0 Å². The summed E-state index contributed by atoms with van der Waals surface area (Å²) in [4.78, 5) is 11.9. The summed E-state index contributed by atoms with van der Waals surface area (Å²) in [6.45, 7) is 1.43. The Morgan fingerprint density at radius 3 is 2.24 bits per heavy atom. The molecule has 0 spiro atoms. The van der Waals surface area contributed by atoms with Crippen molar-refractivity contribution >= 4 is 5.69 Å². The molecule has 1 heterocycles. The third kappa shape index (κ3) is 2.79. The first kappa shape index (κ1) is 12.0. The van der Waals surface area contributed by atoms with Crippen LogP contribution in [0.5, 0.6) is 0 Å². The fourth-order valence-corrected chi connectivity index (χ4v) is 1.96. The third-order valence-corrected chi connectivity index (χ3v) is 2.89. The molecule has 1 fully saturated rings. The van der Waals surface area contributed by atoms with Crippen LogP contribution in [0.15, 0.2) is 24.3 Å². The molecule has 0 aromatic heterocycles. The largest absolute Gasteiger partial charge is 0.389 e. The summed E-state index contributed by atoms with van der Waals surface area (Å²) in [5.41, 5.74) is 0.993. The molecule has 0 saturated carbocycles. The molecule has 2 rings (SSSR count). The number of nitro groups is 1. The van der Waals surface area contributed by atoms with E-state index in [1.54, 1.807) is 12.1 Å². The minimum Gasteiger partial charge on any atom is -0.389 e. The predicted molar refractivity (Wildman–Crippen MR) is 60.4 cm³/mol. The molecular formula is C11H14N2O4. The van der Waals surface area contributed by atoms with Crippen molar-refractivity contribution < 1.29 is 15.1 Å². The maximum absolute atomic E-state index is 10.5. The highest BCUT2D eigenvalue weighted by atomic mass is 16.6. The summed E-state index contributed by atoms with van der Waals surface area (Å²) < 4.78 is 0. The minimum absolute atomic E-state index is 0.0650. The molecule has 6 heteroatoms. The van der Waals surface area contributed by atoms with Crippen molar-refractivity contribution in [1.29, 1.82) is 0 Å². The van der Waals surface area contributed by atoms with Crippen LogP contribution in [-0.2, 0) is 6.54 Å². The summed E-state index contributed by atoms with van der Waals surface area (Å²) in [5.74, 6) is 0. The van der Waals surface area contributed by atoms with Gasteiger partial charge in [-0.25, -0.2) is 0 Å². The van der Waals surface area contributed by atoms with Crippen molar-refractivity contribution in [2.75, 3.05) is 13.1 Å². The number of hydrogen-bond acceptors (Lipinski definition) is 5. The fraction of sp³-hybridized carbons (Fsp3) is 0.455. The number of β-amino-alcohol motifs (C(OH)–C–C–N with tert-alkyl or cyclic N) is 2. The van der Waals surface area contributed by atoms with Crippen LogP contribution < -0.4 is 0 Å². The van der Waals surface area contributed by atoms with Gasteiger partial charge in [-0.05, 0) is 5.56 Å². The summed E-state index contributed by atoms with van der Waals surface area (Å²) >= 11 is 0. The Bertz CT molecular complexity index is 396. The summed E-state index contributed by atoms with van der Waals surface area (Å²) in [6.07, 6.45) is -1.40. The number of rotatable bonds is 3. The molecular weight excluding hydrogens is 224 g/mol. The van der Waals surface area contributed by atoms with E-state index in [1.807, 2.05) is 4.90 Å². The van der Waals surface area contributed by atoms with E-state index in [-0.39, 0.29) is 5.69 Å². The molecule has 1 aliphatic rings. The maximum Gasteiger partial charge on any atom is 0.269 e. The van der Waals surface area contributed by atoms with Gasteiger partial charge in [0.05, 0.1) is 17.1 Å². The summed E-state index contributed by atoms with van der Waals surface area (Å²) in [6, 6.07) is 6.29. The van der Waals surface area contributed by atoms with Crippen molar-refractivity contribution in [1.82, 2.24) is 4.90 Å². The summed E-state index contributed by atoms with van der Waals surface area (Å²) in [7, 11) is 0. The van der Waals surface area contributed by atoms with E-state index in [0.717, 1.165) is 5.56 Å². The highest BCUT2D eigenvalue weighted by Gasteiger charge is 2.29. The number of nitro benzene ring substituents is 1. The lowest BCUT2D eigenvalue weighted by Gasteiger charge is -2.14. The van der Waals surface area contributed by atoms with Gasteiger partial charge in [0.2, 0.25) is 0 Å². The molecule has 1 saturated heterocycles. The van der Waals surface area contributed by atoms with E-state index in [1.165, 1.54) is 12.1 Å². The first-order chi connectivity index (χ1) is 8.06. The van der Waals surface area contributed by atoms with Gasteiger partial charge in [0, 0.05) is 31.8 Å². The van der Waals surface area contributed by atoms with Gasteiger partial charge in [-0.3, -0.25) is 15.0 Å². The highest BCUT2D eigenvalue weighted by Crippen LogP contribution is 2.16. The standard InChI is InChI=1S/C11H14N2O4/c14-10-6-12(7-11(10)15)5-8-1-3-9(4-2-8)13(16)17/h1-4,10-11,14-15H,5-7H2. The van der Waals surface area contributed by atoms with Crippen molar-refractivity contribution in [3.63, 3.8) is 0 Å². The molecule has 92 valence electrons. The van der Waals surface area contributed by atoms with Gasteiger partial charge < -0.3 is 10.2 Å². The number of benzene rings is 1. The van der Waals surface area contributed by atoms with Gasteiger partial charge in [0.25, 0.3) is 5.69 Å². The zero-order valence-corrected chi connectivity index (χ0v) is 9.19. The molecule has 1 aromatic carbocycles. The second-order valence-corrected chi connectivity index (χ2v) is 4.25. The molecule has 6 nitrogen and oxygen atoms in total. The second-order valence-electron chi connectivity index (χ2n) is 4.25.